The molecule has 1 aliphatic rings. The number of likely N-dealkylation sites (tertiary alicyclic amines) is 1. The van der Waals surface area contributed by atoms with Gasteiger partial charge in [0.1, 0.15) is 5.82 Å². The first-order valence-corrected chi connectivity index (χ1v) is 9.43. The smallest absolute Gasteiger partial charge is 0.408 e. The highest BCUT2D eigenvalue weighted by atomic mass is 16.4. The Morgan fingerprint density at radius 3 is 2.96 bits per heavy atom. The van der Waals surface area contributed by atoms with E-state index in [0.717, 1.165) is 36.2 Å². The number of carbonyl (C=O) groups is 1. The third kappa shape index (κ3) is 2.70. The quantitative estimate of drug-likeness (QED) is 0.583. The number of H-pyrrole nitrogens is 1. The van der Waals surface area contributed by atoms with Gasteiger partial charge >= 0.3 is 5.76 Å². The Morgan fingerprint density at radius 2 is 2.11 bits per heavy atom. The van der Waals surface area contributed by atoms with E-state index in [0.29, 0.717) is 23.2 Å². The normalized spacial score (nSPS) is 17.5. The third-order valence-corrected chi connectivity index (χ3v) is 5.54. The second kappa shape index (κ2) is 6.37. The van der Waals surface area contributed by atoms with Crippen molar-refractivity contribution in [2.75, 3.05) is 13.1 Å². The Morgan fingerprint density at radius 1 is 1.25 bits per heavy atom. The number of hydrogen-bond acceptors (Lipinski definition) is 4. The number of imidazole rings is 1. The molecule has 3 heterocycles. The van der Waals surface area contributed by atoms with Gasteiger partial charge in [0.2, 0.25) is 0 Å². The Bertz CT molecular complexity index is 1220. The van der Waals surface area contributed by atoms with Crippen LogP contribution in [0.25, 0.3) is 22.1 Å². The maximum absolute atomic E-state index is 13.1. The number of rotatable bonds is 2. The van der Waals surface area contributed by atoms with Crippen LogP contribution in [0.15, 0.2) is 51.7 Å². The number of fused-ring (bicyclic) bond motifs is 2. The number of aryl methyl sites for hydroxylation is 1. The maximum Gasteiger partial charge on any atom is 0.419 e. The zero-order valence-electron chi connectivity index (χ0n) is 15.5. The molecule has 0 spiro atoms. The fourth-order valence-corrected chi connectivity index (χ4v) is 3.99. The Hall–Kier alpha value is -3.35. The number of aromatic nitrogens is 3. The number of nitrogens with one attached hydrogen (secondary N) is 1. The van der Waals surface area contributed by atoms with E-state index in [2.05, 4.69) is 4.98 Å². The van der Waals surface area contributed by atoms with Crippen LogP contribution in [0.4, 0.5) is 0 Å². The Kier molecular flexibility index (Phi) is 3.82. The summed E-state index contributed by atoms with van der Waals surface area (Å²) < 4.78 is 6.57. The standard InChI is InChI=1S/C21H20N4O3/c1-24-17-11-13(8-9-18(17)28-21(24)27)20(26)25-10-4-5-14(12-25)19-22-15-6-2-3-7-16(15)23-19/h2-3,6-9,11,14H,4-5,10,12H2,1H3,(H,22,23). The summed E-state index contributed by atoms with van der Waals surface area (Å²) in [4.78, 5) is 34.8. The van der Waals surface area contributed by atoms with Gasteiger partial charge in [-0.25, -0.2) is 9.78 Å². The molecule has 4 aromatic rings. The summed E-state index contributed by atoms with van der Waals surface area (Å²) in [6.45, 7) is 1.35. The molecule has 1 N–H and O–H groups in total. The molecule has 0 bridgehead atoms. The molecule has 7 heteroatoms. The van der Waals surface area contributed by atoms with Crippen LogP contribution in [0.3, 0.4) is 0 Å². The van der Waals surface area contributed by atoms with Crippen molar-refractivity contribution in [2.24, 2.45) is 7.05 Å². The maximum atomic E-state index is 13.1. The van der Waals surface area contributed by atoms with Crippen LogP contribution in [0.5, 0.6) is 0 Å². The van der Waals surface area contributed by atoms with Gasteiger partial charge in [0.25, 0.3) is 5.91 Å². The van der Waals surface area contributed by atoms with E-state index >= 15 is 0 Å². The molecule has 0 radical (unpaired) electrons. The molecule has 1 saturated heterocycles. The second-order valence-corrected chi connectivity index (χ2v) is 7.34. The van der Waals surface area contributed by atoms with Crippen LogP contribution in [-0.4, -0.2) is 38.4 Å². The predicted octanol–water partition coefficient (Wildman–Crippen LogP) is 3.03. The highest BCUT2D eigenvalue weighted by Gasteiger charge is 2.27. The van der Waals surface area contributed by atoms with Crippen LogP contribution < -0.4 is 5.76 Å². The average molecular weight is 376 g/mol. The van der Waals surface area contributed by atoms with Crippen LogP contribution in [0.1, 0.15) is 34.9 Å². The van der Waals surface area contributed by atoms with E-state index < -0.39 is 5.76 Å². The highest BCUT2D eigenvalue weighted by Crippen LogP contribution is 2.28. The van der Waals surface area contributed by atoms with E-state index in [9.17, 15) is 9.59 Å². The van der Waals surface area contributed by atoms with Gasteiger partial charge in [0.15, 0.2) is 5.58 Å². The molecule has 2 aromatic carbocycles. The summed E-state index contributed by atoms with van der Waals surface area (Å²) in [7, 11) is 1.64. The van der Waals surface area contributed by atoms with Crippen molar-refractivity contribution in [2.45, 2.75) is 18.8 Å². The lowest BCUT2D eigenvalue weighted by atomic mass is 9.96. The van der Waals surface area contributed by atoms with Crippen molar-refractivity contribution in [3.8, 4) is 0 Å². The van der Waals surface area contributed by atoms with Crippen LogP contribution in [0.2, 0.25) is 0 Å². The van der Waals surface area contributed by atoms with Gasteiger partial charge in [-0.1, -0.05) is 12.1 Å². The van der Waals surface area contributed by atoms with Gasteiger partial charge < -0.3 is 14.3 Å². The van der Waals surface area contributed by atoms with Crippen molar-refractivity contribution < 1.29 is 9.21 Å². The highest BCUT2D eigenvalue weighted by molar-refractivity contribution is 5.97. The number of carbonyl (C=O) groups excluding carboxylic acids is 1. The molecule has 0 saturated carbocycles. The van der Waals surface area contributed by atoms with Gasteiger partial charge in [-0.05, 0) is 43.2 Å². The molecule has 1 atom stereocenters. The molecular weight excluding hydrogens is 356 g/mol. The fourth-order valence-electron chi connectivity index (χ4n) is 3.99. The number of aromatic amines is 1. The lowest BCUT2D eigenvalue weighted by Crippen LogP contribution is -2.39. The summed E-state index contributed by atoms with van der Waals surface area (Å²) in [5.74, 6) is 0.664. The topological polar surface area (TPSA) is 84.1 Å². The van der Waals surface area contributed by atoms with Crippen molar-refractivity contribution in [3.05, 3.63) is 64.4 Å². The summed E-state index contributed by atoms with van der Waals surface area (Å²) in [6.07, 6.45) is 1.93. The van der Waals surface area contributed by atoms with E-state index in [1.54, 1.807) is 25.2 Å². The number of para-hydroxylation sites is 2. The van der Waals surface area contributed by atoms with E-state index in [1.165, 1.54) is 4.57 Å². The van der Waals surface area contributed by atoms with E-state index in [-0.39, 0.29) is 11.8 Å². The van der Waals surface area contributed by atoms with Gasteiger partial charge in [-0.2, -0.15) is 0 Å². The summed E-state index contributed by atoms with van der Waals surface area (Å²) >= 11 is 0. The first-order valence-electron chi connectivity index (χ1n) is 9.43. The molecule has 1 aliphatic heterocycles. The Labute approximate surface area is 160 Å². The number of nitrogens with zero attached hydrogens (tertiary/aromatic N) is 3. The first kappa shape index (κ1) is 16.8. The SMILES string of the molecule is Cn1c(=O)oc2ccc(C(=O)N3CCCC(c4nc5ccccc5[nH]4)C3)cc21. The number of piperidine rings is 1. The molecule has 1 amide bonds. The zero-order valence-corrected chi connectivity index (χ0v) is 15.5. The average Bonchev–Trinajstić information content (AvgIpc) is 3.28. The van der Waals surface area contributed by atoms with Crippen molar-refractivity contribution in [1.82, 2.24) is 19.4 Å². The van der Waals surface area contributed by atoms with Crippen LogP contribution in [0, 0.1) is 0 Å². The molecule has 5 rings (SSSR count). The van der Waals surface area contributed by atoms with Crippen LogP contribution >= 0.6 is 0 Å². The molecular formula is C21H20N4O3. The largest absolute Gasteiger partial charge is 0.419 e. The lowest BCUT2D eigenvalue weighted by molar-refractivity contribution is 0.0705. The lowest BCUT2D eigenvalue weighted by Gasteiger charge is -2.32. The number of amides is 1. The summed E-state index contributed by atoms with van der Waals surface area (Å²) in [5, 5.41) is 0. The first-order chi connectivity index (χ1) is 13.6. The van der Waals surface area contributed by atoms with Gasteiger partial charge in [0.05, 0.1) is 16.6 Å². The second-order valence-electron chi connectivity index (χ2n) is 7.34. The predicted molar refractivity (Wildman–Crippen MR) is 105 cm³/mol. The Balaban J connectivity index is 1.42. The molecule has 28 heavy (non-hydrogen) atoms. The summed E-state index contributed by atoms with van der Waals surface area (Å²) in [5.41, 5.74) is 3.65. The summed E-state index contributed by atoms with van der Waals surface area (Å²) in [6, 6.07) is 13.1. The minimum absolute atomic E-state index is 0.0311. The number of oxazole rings is 1. The fraction of sp³-hybridized carbons (Fsp3) is 0.286. The minimum Gasteiger partial charge on any atom is -0.408 e. The third-order valence-electron chi connectivity index (χ3n) is 5.54. The van der Waals surface area contributed by atoms with E-state index in [1.807, 2.05) is 29.2 Å². The van der Waals surface area contributed by atoms with Crippen molar-refractivity contribution in [3.63, 3.8) is 0 Å². The molecule has 7 nitrogen and oxygen atoms in total. The molecule has 142 valence electrons. The van der Waals surface area contributed by atoms with Crippen molar-refractivity contribution in [1.29, 1.82) is 0 Å². The van der Waals surface area contributed by atoms with Gasteiger partial charge in [-0.3, -0.25) is 9.36 Å². The molecule has 1 fully saturated rings. The number of hydrogen-bond donors (Lipinski definition) is 1. The van der Waals surface area contributed by atoms with E-state index in [4.69, 9.17) is 9.40 Å². The molecule has 2 aromatic heterocycles. The monoisotopic (exact) mass is 376 g/mol. The zero-order chi connectivity index (χ0) is 19.3. The van der Waals surface area contributed by atoms with Crippen molar-refractivity contribution >= 4 is 28.0 Å². The molecule has 0 aliphatic carbocycles. The minimum atomic E-state index is -0.428. The van der Waals surface area contributed by atoms with Gasteiger partial charge in [-0.15, -0.1) is 0 Å². The van der Waals surface area contributed by atoms with Crippen LogP contribution in [-0.2, 0) is 7.05 Å². The number of benzene rings is 2. The molecule has 1 unspecified atom stereocenters. The van der Waals surface area contributed by atoms with Gasteiger partial charge in [0, 0.05) is 31.6 Å².